The van der Waals surface area contributed by atoms with Crippen LogP contribution in [0.25, 0.3) is 0 Å². The van der Waals surface area contributed by atoms with E-state index in [0.717, 1.165) is 23.7 Å². The lowest BCUT2D eigenvalue weighted by atomic mass is 10.2. The molecule has 0 aliphatic rings. The number of hydrogen-bond acceptors (Lipinski definition) is 4. The van der Waals surface area contributed by atoms with Gasteiger partial charge in [-0.3, -0.25) is 4.98 Å². The highest BCUT2D eigenvalue weighted by molar-refractivity contribution is 5.60. The van der Waals surface area contributed by atoms with Gasteiger partial charge in [0.05, 0.1) is 18.9 Å². The zero-order valence-electron chi connectivity index (χ0n) is 11.9. The Kier molecular flexibility index (Phi) is 5.24. The molecule has 1 N–H and O–H groups in total. The highest BCUT2D eigenvalue weighted by atomic mass is 16.5. The molecule has 0 amide bonds. The van der Waals surface area contributed by atoms with Gasteiger partial charge in [-0.1, -0.05) is 0 Å². The number of nitrogens with zero attached hydrogens (tertiary/aromatic N) is 1. The lowest BCUT2D eigenvalue weighted by molar-refractivity contribution is 0.332. The summed E-state index contributed by atoms with van der Waals surface area (Å²) >= 11 is 0. The molecule has 0 atom stereocenters. The lowest BCUT2D eigenvalue weighted by Gasteiger charge is -2.14. The summed E-state index contributed by atoms with van der Waals surface area (Å²) in [6, 6.07) is 9.80. The molecule has 0 spiro atoms. The molecule has 4 nitrogen and oxygen atoms in total. The number of rotatable bonds is 7. The van der Waals surface area contributed by atoms with Crippen LogP contribution >= 0.6 is 0 Å². The molecule has 1 aromatic carbocycles. The fourth-order valence-corrected chi connectivity index (χ4v) is 1.88. The van der Waals surface area contributed by atoms with Crippen LogP contribution in [-0.4, -0.2) is 18.2 Å². The zero-order chi connectivity index (χ0) is 14.2. The Balaban J connectivity index is 2.12. The minimum atomic E-state index is 0.637. The van der Waals surface area contributed by atoms with Gasteiger partial charge in [0.2, 0.25) is 0 Å². The van der Waals surface area contributed by atoms with Crippen molar-refractivity contribution in [3.63, 3.8) is 0 Å². The van der Waals surface area contributed by atoms with Gasteiger partial charge in [0, 0.05) is 25.0 Å². The van der Waals surface area contributed by atoms with Crippen molar-refractivity contribution in [2.75, 3.05) is 18.5 Å². The van der Waals surface area contributed by atoms with Gasteiger partial charge >= 0.3 is 0 Å². The van der Waals surface area contributed by atoms with Crippen LogP contribution in [0, 0.1) is 0 Å². The van der Waals surface area contributed by atoms with E-state index in [0.29, 0.717) is 13.2 Å². The van der Waals surface area contributed by atoms with E-state index in [2.05, 4.69) is 10.3 Å². The summed E-state index contributed by atoms with van der Waals surface area (Å²) in [5.41, 5.74) is 2.11. The number of aromatic nitrogens is 1. The minimum absolute atomic E-state index is 0.637. The zero-order valence-corrected chi connectivity index (χ0v) is 11.9. The van der Waals surface area contributed by atoms with Crippen molar-refractivity contribution in [1.82, 2.24) is 4.98 Å². The van der Waals surface area contributed by atoms with E-state index in [9.17, 15) is 0 Å². The summed E-state index contributed by atoms with van der Waals surface area (Å²) in [6.07, 6.45) is 3.58. The fraction of sp³-hybridized carbons (Fsp3) is 0.312. The second kappa shape index (κ2) is 7.38. The Hall–Kier alpha value is -2.23. The molecule has 0 unspecified atom stereocenters. The summed E-state index contributed by atoms with van der Waals surface area (Å²) < 4.78 is 11.2. The summed E-state index contributed by atoms with van der Waals surface area (Å²) in [4.78, 5) is 4.01. The van der Waals surface area contributed by atoms with E-state index in [-0.39, 0.29) is 0 Å². The molecule has 0 bridgehead atoms. The van der Waals surface area contributed by atoms with E-state index in [1.54, 1.807) is 12.4 Å². The molecule has 2 rings (SSSR count). The van der Waals surface area contributed by atoms with Crippen LogP contribution in [0.15, 0.2) is 42.7 Å². The average molecular weight is 272 g/mol. The second-order valence-corrected chi connectivity index (χ2v) is 4.23. The molecule has 0 radical (unpaired) electrons. The summed E-state index contributed by atoms with van der Waals surface area (Å²) in [7, 11) is 0. The average Bonchev–Trinajstić information content (AvgIpc) is 2.49. The van der Waals surface area contributed by atoms with E-state index < -0.39 is 0 Å². The van der Waals surface area contributed by atoms with Gasteiger partial charge < -0.3 is 14.8 Å². The van der Waals surface area contributed by atoms with Gasteiger partial charge in [-0.15, -0.1) is 0 Å². The Morgan fingerprint density at radius 2 is 1.75 bits per heavy atom. The second-order valence-electron chi connectivity index (χ2n) is 4.23. The Morgan fingerprint density at radius 1 is 1.00 bits per heavy atom. The first-order chi connectivity index (χ1) is 9.83. The Bertz CT molecular complexity index is 529. The molecule has 0 saturated heterocycles. The molecule has 1 aromatic heterocycles. The molecule has 20 heavy (non-hydrogen) atoms. The van der Waals surface area contributed by atoms with Crippen molar-refractivity contribution in [3.05, 3.63) is 48.3 Å². The van der Waals surface area contributed by atoms with Gasteiger partial charge in [0.15, 0.2) is 0 Å². The summed E-state index contributed by atoms with van der Waals surface area (Å²) in [5.74, 6) is 1.68. The molecule has 0 fully saturated rings. The fourth-order valence-electron chi connectivity index (χ4n) is 1.88. The molecule has 1 heterocycles. The van der Waals surface area contributed by atoms with Crippen molar-refractivity contribution < 1.29 is 9.47 Å². The minimum Gasteiger partial charge on any atom is -0.494 e. The Morgan fingerprint density at radius 3 is 2.45 bits per heavy atom. The van der Waals surface area contributed by atoms with Gasteiger partial charge in [-0.05, 0) is 43.7 Å². The smallest absolute Gasteiger partial charge is 0.142 e. The van der Waals surface area contributed by atoms with Crippen molar-refractivity contribution in [3.8, 4) is 11.5 Å². The maximum absolute atomic E-state index is 5.63. The van der Waals surface area contributed by atoms with Gasteiger partial charge in [-0.25, -0.2) is 0 Å². The maximum Gasteiger partial charge on any atom is 0.142 e. The van der Waals surface area contributed by atoms with E-state index in [1.165, 1.54) is 5.56 Å². The van der Waals surface area contributed by atoms with Crippen LogP contribution in [0.4, 0.5) is 5.69 Å². The van der Waals surface area contributed by atoms with Crippen molar-refractivity contribution in [2.45, 2.75) is 20.4 Å². The number of benzene rings is 1. The molecule has 0 saturated carbocycles. The van der Waals surface area contributed by atoms with Crippen LogP contribution in [0.2, 0.25) is 0 Å². The predicted octanol–water partition coefficient (Wildman–Crippen LogP) is 3.49. The third-order valence-corrected chi connectivity index (χ3v) is 2.79. The summed E-state index contributed by atoms with van der Waals surface area (Å²) in [6.45, 7) is 5.96. The van der Waals surface area contributed by atoms with Crippen LogP contribution in [0.1, 0.15) is 19.4 Å². The predicted molar refractivity (Wildman–Crippen MR) is 80.3 cm³/mol. The van der Waals surface area contributed by atoms with Crippen LogP contribution < -0.4 is 14.8 Å². The lowest BCUT2D eigenvalue weighted by Crippen LogP contribution is -2.03. The van der Waals surface area contributed by atoms with E-state index >= 15 is 0 Å². The molecule has 0 aliphatic heterocycles. The first-order valence-electron chi connectivity index (χ1n) is 6.86. The number of hydrogen-bond donors (Lipinski definition) is 1. The maximum atomic E-state index is 5.63. The molecule has 2 aromatic rings. The quantitative estimate of drug-likeness (QED) is 0.838. The highest BCUT2D eigenvalue weighted by Gasteiger charge is 2.05. The molecule has 0 aliphatic carbocycles. The Labute approximate surface area is 119 Å². The van der Waals surface area contributed by atoms with Crippen molar-refractivity contribution in [1.29, 1.82) is 0 Å². The first-order valence-corrected chi connectivity index (χ1v) is 6.86. The first kappa shape index (κ1) is 14.2. The largest absolute Gasteiger partial charge is 0.494 e. The highest BCUT2D eigenvalue weighted by Crippen LogP contribution is 2.29. The number of nitrogens with one attached hydrogen (secondary N) is 1. The van der Waals surface area contributed by atoms with Crippen molar-refractivity contribution in [2.24, 2.45) is 0 Å². The van der Waals surface area contributed by atoms with E-state index in [4.69, 9.17) is 9.47 Å². The molecule has 106 valence electrons. The molecular weight excluding hydrogens is 252 g/mol. The summed E-state index contributed by atoms with van der Waals surface area (Å²) in [5, 5.41) is 3.38. The number of pyridine rings is 1. The van der Waals surface area contributed by atoms with Gasteiger partial charge in [-0.2, -0.15) is 0 Å². The SMILES string of the molecule is CCOc1ccc(OCC)c(NCc2ccncc2)c1. The topological polar surface area (TPSA) is 43.4 Å². The van der Waals surface area contributed by atoms with Crippen LogP contribution in [0.3, 0.4) is 0 Å². The van der Waals surface area contributed by atoms with E-state index in [1.807, 2.05) is 44.2 Å². The monoisotopic (exact) mass is 272 g/mol. The van der Waals surface area contributed by atoms with Gasteiger partial charge in [0.1, 0.15) is 11.5 Å². The van der Waals surface area contributed by atoms with Gasteiger partial charge in [0.25, 0.3) is 0 Å². The normalized spacial score (nSPS) is 10.1. The molecular formula is C16H20N2O2. The van der Waals surface area contributed by atoms with Crippen LogP contribution in [-0.2, 0) is 6.54 Å². The molecule has 4 heteroatoms. The number of ether oxygens (including phenoxy) is 2. The third kappa shape index (κ3) is 3.88. The standard InChI is InChI=1S/C16H20N2O2/c1-3-19-14-5-6-16(20-4-2)15(11-14)18-12-13-7-9-17-10-8-13/h5-11,18H,3-4,12H2,1-2H3. The van der Waals surface area contributed by atoms with Crippen molar-refractivity contribution >= 4 is 5.69 Å². The number of anilines is 1. The third-order valence-electron chi connectivity index (χ3n) is 2.79. The van der Waals surface area contributed by atoms with Crippen LogP contribution in [0.5, 0.6) is 11.5 Å².